The van der Waals surface area contributed by atoms with E-state index < -0.39 is 5.72 Å². The number of hydrogen-bond donors (Lipinski definition) is 2. The molecule has 4 aliphatic rings. The number of anilines is 1. The molecule has 3 aliphatic carbocycles. The highest BCUT2D eigenvalue weighted by molar-refractivity contribution is 5.99. The zero-order valence-corrected chi connectivity index (χ0v) is 18.3. The fourth-order valence-electron chi connectivity index (χ4n) is 5.61. The van der Waals surface area contributed by atoms with Crippen molar-refractivity contribution in [3.8, 4) is 11.5 Å². The molecule has 2 aromatic rings. The second kappa shape index (κ2) is 7.00. The van der Waals surface area contributed by atoms with Gasteiger partial charge in [-0.3, -0.25) is 14.3 Å². The van der Waals surface area contributed by atoms with Crippen molar-refractivity contribution in [2.75, 3.05) is 12.4 Å². The number of carbonyl (C=O) groups excluding carboxylic acids is 2. The van der Waals surface area contributed by atoms with Crippen LogP contribution in [0.3, 0.4) is 0 Å². The Morgan fingerprint density at radius 1 is 1.35 bits per heavy atom. The van der Waals surface area contributed by atoms with Crippen molar-refractivity contribution in [1.29, 1.82) is 0 Å². The summed E-state index contributed by atoms with van der Waals surface area (Å²) in [4.78, 5) is 26.0. The number of nitrogens with zero attached hydrogens (tertiary/aromatic N) is 2. The topological polar surface area (TPSA) is 94.5 Å². The summed E-state index contributed by atoms with van der Waals surface area (Å²) in [5.74, 6) is 1.24. The van der Waals surface area contributed by atoms with Crippen LogP contribution in [0.1, 0.15) is 47.4 Å². The van der Waals surface area contributed by atoms with Gasteiger partial charge >= 0.3 is 0 Å². The number of carbonyl (C=O) groups is 2. The zero-order valence-electron chi connectivity index (χ0n) is 18.3. The maximum absolute atomic E-state index is 13.2. The molecule has 0 radical (unpaired) electrons. The van der Waals surface area contributed by atoms with Crippen molar-refractivity contribution in [3.63, 3.8) is 0 Å². The maximum atomic E-state index is 13.2. The largest absolute Gasteiger partial charge is 0.497 e. The molecule has 1 spiro atoms. The summed E-state index contributed by atoms with van der Waals surface area (Å²) in [7, 11) is 3.47. The number of amides is 2. The van der Waals surface area contributed by atoms with Crippen LogP contribution in [-0.2, 0) is 11.8 Å². The van der Waals surface area contributed by atoms with Gasteiger partial charge in [0.15, 0.2) is 5.72 Å². The van der Waals surface area contributed by atoms with Gasteiger partial charge in [0.2, 0.25) is 5.91 Å². The predicted octanol–water partition coefficient (Wildman–Crippen LogP) is 2.94. The van der Waals surface area contributed by atoms with E-state index in [9.17, 15) is 9.59 Å². The van der Waals surface area contributed by atoms with Crippen molar-refractivity contribution in [2.24, 2.45) is 24.8 Å². The third-order valence-corrected chi connectivity index (χ3v) is 7.36. The second-order valence-corrected chi connectivity index (χ2v) is 9.05. The van der Waals surface area contributed by atoms with Gasteiger partial charge in [0.25, 0.3) is 5.91 Å². The van der Waals surface area contributed by atoms with Crippen LogP contribution in [0.4, 0.5) is 5.69 Å². The average Bonchev–Trinajstić information content (AvgIpc) is 2.99. The van der Waals surface area contributed by atoms with Crippen molar-refractivity contribution in [2.45, 2.75) is 45.3 Å². The van der Waals surface area contributed by atoms with Gasteiger partial charge in [0.1, 0.15) is 11.5 Å². The summed E-state index contributed by atoms with van der Waals surface area (Å²) in [5, 5.41) is 10.7. The Kier molecular flexibility index (Phi) is 4.50. The summed E-state index contributed by atoms with van der Waals surface area (Å²) in [5.41, 5.74) is 2.32. The van der Waals surface area contributed by atoms with E-state index in [0.29, 0.717) is 29.9 Å². The molecule has 1 aromatic heterocycles. The van der Waals surface area contributed by atoms with Gasteiger partial charge in [-0.25, -0.2) is 0 Å². The summed E-state index contributed by atoms with van der Waals surface area (Å²) in [6.45, 7) is 3.86. The molecule has 8 nitrogen and oxygen atoms in total. The monoisotopic (exact) mass is 424 g/mol. The molecular formula is C23H28N4O4. The van der Waals surface area contributed by atoms with E-state index in [2.05, 4.69) is 15.7 Å². The molecule has 2 N–H and O–H groups in total. The van der Waals surface area contributed by atoms with Crippen molar-refractivity contribution >= 4 is 17.5 Å². The average molecular weight is 425 g/mol. The highest BCUT2D eigenvalue weighted by Gasteiger charge is 2.57. The van der Waals surface area contributed by atoms with Gasteiger partial charge in [0, 0.05) is 31.4 Å². The van der Waals surface area contributed by atoms with Crippen LogP contribution in [0.15, 0.2) is 18.2 Å². The quantitative estimate of drug-likeness (QED) is 0.790. The molecule has 1 aliphatic heterocycles. The Labute approximate surface area is 181 Å². The number of nitrogens with one attached hydrogen (secondary N) is 2. The van der Waals surface area contributed by atoms with E-state index >= 15 is 0 Å². The van der Waals surface area contributed by atoms with Gasteiger partial charge in [-0.15, -0.1) is 0 Å². The van der Waals surface area contributed by atoms with Crippen molar-refractivity contribution < 1.29 is 19.1 Å². The Morgan fingerprint density at radius 3 is 2.81 bits per heavy atom. The molecule has 2 heterocycles. The van der Waals surface area contributed by atoms with E-state index in [1.54, 1.807) is 30.0 Å². The number of methoxy groups -OCH3 is 1. The number of rotatable bonds is 3. The zero-order chi connectivity index (χ0) is 21.9. The molecule has 31 heavy (non-hydrogen) atoms. The molecule has 2 amide bonds. The fourth-order valence-corrected chi connectivity index (χ4v) is 5.61. The van der Waals surface area contributed by atoms with E-state index in [0.717, 1.165) is 29.9 Å². The first-order valence-electron chi connectivity index (χ1n) is 10.8. The van der Waals surface area contributed by atoms with Gasteiger partial charge in [-0.1, -0.05) is 0 Å². The summed E-state index contributed by atoms with van der Waals surface area (Å²) in [6.07, 6.45) is 3.20. The van der Waals surface area contributed by atoms with Crippen LogP contribution in [0, 0.1) is 31.6 Å². The normalized spacial score (nSPS) is 28.6. The number of hydrogen-bond acceptors (Lipinski definition) is 5. The number of ether oxygens (including phenoxy) is 2. The number of aromatic nitrogens is 2. The van der Waals surface area contributed by atoms with E-state index in [4.69, 9.17) is 9.47 Å². The Bertz CT molecular complexity index is 1080. The summed E-state index contributed by atoms with van der Waals surface area (Å²) in [6, 6.07) is 5.26. The van der Waals surface area contributed by atoms with Crippen LogP contribution >= 0.6 is 0 Å². The Balaban J connectivity index is 1.37. The number of aryl methyl sites for hydroxylation is 2. The van der Waals surface area contributed by atoms with Crippen molar-refractivity contribution in [1.82, 2.24) is 15.1 Å². The first kappa shape index (κ1) is 19.9. The molecule has 1 aromatic carbocycles. The number of fused-ring (bicyclic) bond motifs is 3. The molecule has 164 valence electrons. The first-order valence-corrected chi connectivity index (χ1v) is 10.8. The van der Waals surface area contributed by atoms with Gasteiger partial charge in [-0.05, 0) is 51.2 Å². The molecule has 0 unspecified atom stereocenters. The lowest BCUT2D eigenvalue weighted by molar-refractivity contribution is -0.142. The van der Waals surface area contributed by atoms with Crippen LogP contribution in [0.25, 0.3) is 0 Å². The summed E-state index contributed by atoms with van der Waals surface area (Å²) < 4.78 is 13.5. The minimum atomic E-state index is -0.754. The lowest BCUT2D eigenvalue weighted by Crippen LogP contribution is -2.66. The second-order valence-electron chi connectivity index (χ2n) is 9.05. The van der Waals surface area contributed by atoms with Crippen LogP contribution in [0.5, 0.6) is 11.5 Å². The molecule has 4 atom stereocenters. The minimum Gasteiger partial charge on any atom is -0.497 e. The van der Waals surface area contributed by atoms with Crippen LogP contribution in [-0.4, -0.2) is 34.4 Å². The minimum absolute atomic E-state index is 0.0351. The molecule has 3 fully saturated rings. The predicted molar refractivity (Wildman–Crippen MR) is 114 cm³/mol. The third kappa shape index (κ3) is 3.07. The standard InChI is InChI=1S/C23H28N4O4/c1-12-20(13(2)27(3)26-12)24-21(28)18-9-15-6-5-14(18)11-23(15)25-22(29)17-8-7-16(30-4)10-19(17)31-23/h7-8,10,14-15,18H,5-6,9,11H2,1-4H3,(H,24,28)(H,25,29)/t14-,15+,18-,23-/m1/s1. The number of benzene rings is 1. The first-order chi connectivity index (χ1) is 14.8. The lowest BCUT2D eigenvalue weighted by atomic mass is 9.60. The Morgan fingerprint density at radius 2 is 2.16 bits per heavy atom. The van der Waals surface area contributed by atoms with Crippen LogP contribution in [0.2, 0.25) is 0 Å². The van der Waals surface area contributed by atoms with E-state index in [-0.39, 0.29) is 29.6 Å². The van der Waals surface area contributed by atoms with Gasteiger partial charge in [-0.2, -0.15) is 5.10 Å². The smallest absolute Gasteiger partial charge is 0.258 e. The Hall–Kier alpha value is -3.03. The maximum Gasteiger partial charge on any atom is 0.258 e. The fraction of sp³-hybridized carbons (Fsp3) is 0.522. The molecule has 6 rings (SSSR count). The van der Waals surface area contributed by atoms with Gasteiger partial charge < -0.3 is 20.1 Å². The molecule has 8 heteroatoms. The molecular weight excluding hydrogens is 396 g/mol. The molecule has 2 bridgehead atoms. The molecule has 0 saturated heterocycles. The highest BCUT2D eigenvalue weighted by Crippen LogP contribution is 2.53. The summed E-state index contributed by atoms with van der Waals surface area (Å²) >= 11 is 0. The van der Waals surface area contributed by atoms with Crippen molar-refractivity contribution in [3.05, 3.63) is 35.2 Å². The van der Waals surface area contributed by atoms with Gasteiger partial charge in [0.05, 0.1) is 29.7 Å². The third-order valence-electron chi connectivity index (χ3n) is 7.36. The molecule has 3 saturated carbocycles. The van der Waals surface area contributed by atoms with E-state index in [1.807, 2.05) is 20.9 Å². The SMILES string of the molecule is COc1ccc2c(c1)O[C@@]1(C[C@H]3CC[C@H]1C[C@H]3C(=O)Nc1c(C)nn(C)c1C)NC2=O. The van der Waals surface area contributed by atoms with E-state index in [1.165, 1.54) is 0 Å². The van der Waals surface area contributed by atoms with Crippen LogP contribution < -0.4 is 20.1 Å². The highest BCUT2D eigenvalue weighted by atomic mass is 16.5. The lowest BCUT2D eigenvalue weighted by Gasteiger charge is -2.55.